The zero-order valence-electron chi connectivity index (χ0n) is 18.4. The molecule has 0 unspecified atom stereocenters. The Morgan fingerprint density at radius 3 is 3.06 bits per heavy atom. The van der Waals surface area contributed by atoms with Crippen LogP contribution in [0, 0.1) is 23.7 Å². The SMILES string of the molecule is [C-]#[N+]C[C@@]1(C(=O)NC)CC[C@@H](Cc2ncc3c(Br)nn(-c4cc(F)c5ncccc5c4)c3n2)C1. The van der Waals surface area contributed by atoms with Crippen LogP contribution in [0.2, 0.25) is 0 Å². The van der Waals surface area contributed by atoms with E-state index in [0.29, 0.717) is 51.9 Å². The summed E-state index contributed by atoms with van der Waals surface area (Å²) in [5, 5.41) is 8.63. The van der Waals surface area contributed by atoms with Gasteiger partial charge in [-0.05, 0) is 53.2 Å². The molecule has 3 aromatic heterocycles. The van der Waals surface area contributed by atoms with Crippen molar-refractivity contribution >= 4 is 43.8 Å². The largest absolute Gasteiger partial charge is 0.358 e. The lowest BCUT2D eigenvalue weighted by Gasteiger charge is -2.21. The third-order valence-corrected chi connectivity index (χ3v) is 7.17. The maximum atomic E-state index is 14.7. The predicted octanol–water partition coefficient (Wildman–Crippen LogP) is 4.26. The zero-order valence-corrected chi connectivity index (χ0v) is 20.0. The molecule has 2 atom stereocenters. The standard InChI is InChI=1S/C24H21BrFN7O/c1-27-13-24(23(34)28-2)6-5-14(11-24)8-19-30-12-17-21(25)32-33(22(17)31-19)16-9-15-4-3-7-29-20(15)18(26)10-16/h3-4,7,9-10,12,14H,5-6,8,11,13H2,2H3,(H,28,34)/t14-,24+/m0/s1. The van der Waals surface area contributed by atoms with Gasteiger partial charge in [0, 0.05) is 37.3 Å². The average Bonchev–Trinajstić information content (AvgIpc) is 3.40. The number of rotatable bonds is 5. The molecule has 1 fully saturated rings. The Kier molecular flexibility index (Phi) is 5.73. The number of fused-ring (bicyclic) bond motifs is 2. The molecule has 8 nitrogen and oxygen atoms in total. The van der Waals surface area contributed by atoms with Crippen LogP contribution < -0.4 is 5.32 Å². The predicted molar refractivity (Wildman–Crippen MR) is 129 cm³/mol. The van der Waals surface area contributed by atoms with Crippen LogP contribution in [-0.4, -0.2) is 44.2 Å². The second kappa shape index (κ2) is 8.72. The number of pyridine rings is 1. The Morgan fingerprint density at radius 2 is 2.26 bits per heavy atom. The number of carbonyl (C=O) groups excluding carboxylic acids is 1. The molecule has 172 valence electrons. The minimum absolute atomic E-state index is 0.0720. The zero-order chi connectivity index (χ0) is 23.9. The number of carbonyl (C=O) groups is 1. The molecule has 4 aromatic rings. The maximum absolute atomic E-state index is 14.7. The Hall–Kier alpha value is -3.45. The number of benzene rings is 1. The van der Waals surface area contributed by atoms with Gasteiger partial charge in [-0.15, -0.1) is 0 Å². The Morgan fingerprint density at radius 1 is 1.41 bits per heavy atom. The van der Waals surface area contributed by atoms with Crippen molar-refractivity contribution in [1.82, 2.24) is 30.0 Å². The van der Waals surface area contributed by atoms with Crippen molar-refractivity contribution in [3.8, 4) is 5.69 Å². The van der Waals surface area contributed by atoms with Gasteiger partial charge in [-0.1, -0.05) is 6.07 Å². The van der Waals surface area contributed by atoms with Crippen LogP contribution in [0.15, 0.2) is 41.3 Å². The summed E-state index contributed by atoms with van der Waals surface area (Å²) in [4.78, 5) is 29.4. The molecule has 3 heterocycles. The first-order valence-corrected chi connectivity index (χ1v) is 11.7. The second-order valence-electron chi connectivity index (χ2n) is 8.72. The van der Waals surface area contributed by atoms with Crippen molar-refractivity contribution in [1.29, 1.82) is 0 Å². The van der Waals surface area contributed by atoms with Crippen molar-refractivity contribution in [2.45, 2.75) is 25.7 Å². The second-order valence-corrected chi connectivity index (χ2v) is 9.47. The van der Waals surface area contributed by atoms with Crippen LogP contribution in [0.4, 0.5) is 4.39 Å². The minimum Gasteiger partial charge on any atom is -0.358 e. The average molecular weight is 522 g/mol. The fourth-order valence-electron chi connectivity index (χ4n) is 4.95. The van der Waals surface area contributed by atoms with Crippen LogP contribution in [0.1, 0.15) is 25.1 Å². The summed E-state index contributed by atoms with van der Waals surface area (Å²) in [6.07, 6.45) is 5.99. The van der Waals surface area contributed by atoms with Gasteiger partial charge in [0.1, 0.15) is 21.4 Å². The number of hydrogen-bond donors (Lipinski definition) is 1. The highest BCUT2D eigenvalue weighted by Crippen LogP contribution is 2.43. The molecule has 10 heteroatoms. The molecule has 0 bridgehead atoms. The lowest BCUT2D eigenvalue weighted by Crippen LogP contribution is -2.39. The molecule has 0 aliphatic heterocycles. The van der Waals surface area contributed by atoms with E-state index < -0.39 is 11.2 Å². The normalized spacial score (nSPS) is 20.0. The first-order chi connectivity index (χ1) is 16.4. The first-order valence-electron chi connectivity index (χ1n) is 10.9. The van der Waals surface area contributed by atoms with Crippen LogP contribution in [0.5, 0.6) is 0 Å². The first kappa shape index (κ1) is 22.3. The van der Waals surface area contributed by atoms with Gasteiger partial charge < -0.3 is 10.2 Å². The number of amides is 1. The van der Waals surface area contributed by atoms with Gasteiger partial charge in [0.25, 0.3) is 0 Å². The molecule has 0 radical (unpaired) electrons. The van der Waals surface area contributed by atoms with E-state index in [1.807, 2.05) is 6.07 Å². The van der Waals surface area contributed by atoms with Crippen LogP contribution in [-0.2, 0) is 11.2 Å². The van der Waals surface area contributed by atoms with Crippen molar-refractivity contribution < 1.29 is 9.18 Å². The van der Waals surface area contributed by atoms with E-state index in [1.54, 1.807) is 36.3 Å². The summed E-state index contributed by atoms with van der Waals surface area (Å²) in [6, 6.07) is 6.79. The van der Waals surface area contributed by atoms with Gasteiger partial charge >= 0.3 is 0 Å². The number of aromatic nitrogens is 5. The molecule has 0 spiro atoms. The summed E-state index contributed by atoms with van der Waals surface area (Å²) in [6.45, 7) is 7.47. The van der Waals surface area contributed by atoms with E-state index in [0.717, 1.165) is 11.8 Å². The minimum atomic E-state index is -0.646. The fraction of sp³-hybridized carbons (Fsp3) is 0.333. The van der Waals surface area contributed by atoms with Crippen molar-refractivity contribution in [2.24, 2.45) is 11.3 Å². The van der Waals surface area contributed by atoms with Gasteiger partial charge in [-0.3, -0.25) is 9.78 Å². The van der Waals surface area contributed by atoms with E-state index in [2.05, 4.69) is 41.2 Å². The highest BCUT2D eigenvalue weighted by molar-refractivity contribution is 9.10. The van der Waals surface area contributed by atoms with E-state index in [4.69, 9.17) is 11.6 Å². The molecule has 0 saturated heterocycles. The molecule has 1 aliphatic carbocycles. The molecule has 1 saturated carbocycles. The molecule has 1 aliphatic rings. The van der Waals surface area contributed by atoms with Crippen LogP contribution >= 0.6 is 15.9 Å². The number of nitrogens with zero attached hydrogens (tertiary/aromatic N) is 6. The maximum Gasteiger partial charge on any atom is 0.233 e. The molecule has 34 heavy (non-hydrogen) atoms. The lowest BCUT2D eigenvalue weighted by molar-refractivity contribution is -0.129. The van der Waals surface area contributed by atoms with E-state index in [1.165, 1.54) is 6.07 Å². The molecular weight excluding hydrogens is 501 g/mol. The third kappa shape index (κ3) is 3.80. The summed E-state index contributed by atoms with van der Waals surface area (Å²) in [5.41, 5.74) is 0.760. The summed E-state index contributed by atoms with van der Waals surface area (Å²) >= 11 is 3.46. The third-order valence-electron chi connectivity index (χ3n) is 6.59. The van der Waals surface area contributed by atoms with Gasteiger partial charge in [0.2, 0.25) is 12.5 Å². The molecule has 1 aromatic carbocycles. The van der Waals surface area contributed by atoms with Gasteiger partial charge in [0.05, 0.1) is 11.1 Å². The highest BCUT2D eigenvalue weighted by atomic mass is 79.9. The van der Waals surface area contributed by atoms with Gasteiger partial charge in [0.15, 0.2) is 11.5 Å². The molecule has 1 N–H and O–H groups in total. The van der Waals surface area contributed by atoms with Crippen molar-refractivity contribution in [2.75, 3.05) is 13.6 Å². The quantitative estimate of drug-likeness (QED) is 0.396. The van der Waals surface area contributed by atoms with Crippen molar-refractivity contribution in [3.63, 3.8) is 0 Å². The summed E-state index contributed by atoms with van der Waals surface area (Å²) in [5.74, 6) is 0.320. The molecule has 5 rings (SSSR count). The number of halogens is 2. The lowest BCUT2D eigenvalue weighted by atomic mass is 9.83. The van der Waals surface area contributed by atoms with Gasteiger partial charge in [-0.25, -0.2) is 25.6 Å². The van der Waals surface area contributed by atoms with Crippen LogP contribution in [0.3, 0.4) is 0 Å². The molecule has 1 amide bonds. The van der Waals surface area contributed by atoms with Crippen molar-refractivity contribution in [3.05, 3.63) is 64.3 Å². The topological polar surface area (TPSA) is 90.0 Å². The Labute approximate surface area is 203 Å². The fourth-order valence-corrected chi connectivity index (χ4v) is 5.38. The number of hydrogen-bond acceptors (Lipinski definition) is 5. The number of nitrogens with one attached hydrogen (secondary N) is 1. The Balaban J connectivity index is 1.49. The molecular formula is C24H21BrFN7O. The van der Waals surface area contributed by atoms with E-state index in [9.17, 15) is 9.18 Å². The summed E-state index contributed by atoms with van der Waals surface area (Å²) in [7, 11) is 1.61. The smallest absolute Gasteiger partial charge is 0.233 e. The van der Waals surface area contributed by atoms with E-state index in [-0.39, 0.29) is 18.4 Å². The summed E-state index contributed by atoms with van der Waals surface area (Å²) < 4.78 is 16.9. The monoisotopic (exact) mass is 521 g/mol. The van der Waals surface area contributed by atoms with E-state index >= 15 is 0 Å². The Bertz CT molecular complexity index is 1460. The van der Waals surface area contributed by atoms with Crippen LogP contribution in [0.25, 0.3) is 32.5 Å². The highest BCUT2D eigenvalue weighted by Gasteiger charge is 2.47. The van der Waals surface area contributed by atoms with Gasteiger partial charge in [-0.2, -0.15) is 5.10 Å².